The Kier molecular flexibility index (Phi) is 21.0. The minimum absolute atomic E-state index is 0.118. The Morgan fingerprint density at radius 2 is 1.41 bits per heavy atom. The Bertz CT molecular complexity index is 1020. The lowest BCUT2D eigenvalue weighted by Gasteiger charge is -2.40. The molecule has 0 saturated carbocycles. The van der Waals surface area contributed by atoms with Crippen molar-refractivity contribution in [1.82, 2.24) is 5.32 Å². The number of nitrogens with one attached hydrogen (secondary N) is 1. The van der Waals surface area contributed by atoms with E-state index < -0.39 is 60.5 Å². The average molecular weight is 696 g/mol. The Morgan fingerprint density at radius 1 is 0.837 bits per heavy atom. The first-order chi connectivity index (χ1) is 23.4. The molecule has 1 amide bonds. The molecule has 0 bridgehead atoms. The SMILES string of the molecule is CCCCCCCCCCCCCCC[C@@H](O)[C@H](CO[C@H]1O[C@H](COC(=O)CCc2ccccc2)[C@H](O)[C@H](O)[C@H]1O)NC(=O)OC(C)(C)C. The molecule has 0 radical (unpaired) electrons. The van der Waals surface area contributed by atoms with Gasteiger partial charge in [0.2, 0.25) is 0 Å². The van der Waals surface area contributed by atoms with E-state index in [0.29, 0.717) is 12.8 Å². The Labute approximate surface area is 294 Å². The number of amides is 1. The predicted octanol–water partition coefficient (Wildman–Crippen LogP) is 5.72. The number of aryl methyl sites for hydroxylation is 1. The van der Waals surface area contributed by atoms with Gasteiger partial charge < -0.3 is 44.7 Å². The number of hydrogen-bond acceptors (Lipinski definition) is 10. The van der Waals surface area contributed by atoms with Gasteiger partial charge in [0.15, 0.2) is 6.29 Å². The van der Waals surface area contributed by atoms with Gasteiger partial charge in [0.05, 0.1) is 18.8 Å². The van der Waals surface area contributed by atoms with Gasteiger partial charge >= 0.3 is 12.1 Å². The number of carbonyl (C=O) groups is 2. The van der Waals surface area contributed by atoms with Crippen molar-refractivity contribution >= 4 is 12.1 Å². The van der Waals surface area contributed by atoms with E-state index in [-0.39, 0.29) is 19.6 Å². The molecule has 1 fully saturated rings. The number of ether oxygens (including phenoxy) is 4. The smallest absolute Gasteiger partial charge is 0.408 e. The van der Waals surface area contributed by atoms with Crippen molar-refractivity contribution in [3.8, 4) is 0 Å². The highest BCUT2D eigenvalue weighted by Gasteiger charge is 2.45. The summed E-state index contributed by atoms with van der Waals surface area (Å²) in [5, 5.41) is 45.3. The summed E-state index contributed by atoms with van der Waals surface area (Å²) < 4.78 is 22.2. The van der Waals surface area contributed by atoms with Gasteiger partial charge in [-0.2, -0.15) is 0 Å². The third-order valence-electron chi connectivity index (χ3n) is 8.75. The van der Waals surface area contributed by atoms with Gasteiger partial charge in [-0.05, 0) is 39.2 Å². The van der Waals surface area contributed by atoms with Crippen LogP contribution in [0.4, 0.5) is 4.79 Å². The molecule has 282 valence electrons. The van der Waals surface area contributed by atoms with Crippen molar-refractivity contribution in [2.75, 3.05) is 13.2 Å². The van der Waals surface area contributed by atoms with Crippen LogP contribution in [0.1, 0.15) is 130 Å². The monoisotopic (exact) mass is 695 g/mol. The van der Waals surface area contributed by atoms with Crippen molar-refractivity contribution < 1.29 is 49.0 Å². The fraction of sp³-hybridized carbons (Fsp3) is 0.789. The fourth-order valence-electron chi connectivity index (χ4n) is 5.81. The lowest BCUT2D eigenvalue weighted by Crippen LogP contribution is -2.60. The van der Waals surface area contributed by atoms with Gasteiger partial charge in [0, 0.05) is 6.42 Å². The molecule has 0 spiro atoms. The normalized spacial score (nSPS) is 22.3. The predicted molar refractivity (Wildman–Crippen MR) is 188 cm³/mol. The summed E-state index contributed by atoms with van der Waals surface area (Å²) in [6.07, 6.45) is 7.59. The molecule has 1 aliphatic heterocycles. The van der Waals surface area contributed by atoms with Gasteiger partial charge in [-0.15, -0.1) is 0 Å². The van der Waals surface area contributed by atoms with Crippen LogP contribution in [0.3, 0.4) is 0 Å². The zero-order chi connectivity index (χ0) is 36.1. The minimum atomic E-state index is -1.64. The van der Waals surface area contributed by atoms with E-state index in [1.807, 2.05) is 30.3 Å². The van der Waals surface area contributed by atoms with Crippen LogP contribution < -0.4 is 5.32 Å². The Balaban J connectivity index is 1.82. The molecule has 1 saturated heterocycles. The number of carbonyl (C=O) groups excluding carboxylic acids is 2. The molecule has 11 heteroatoms. The highest BCUT2D eigenvalue weighted by molar-refractivity contribution is 5.69. The van der Waals surface area contributed by atoms with Crippen molar-refractivity contribution in [3.63, 3.8) is 0 Å². The quantitative estimate of drug-likeness (QED) is 0.0667. The summed E-state index contributed by atoms with van der Waals surface area (Å²) in [7, 11) is 0. The average Bonchev–Trinajstić information content (AvgIpc) is 3.06. The lowest BCUT2D eigenvalue weighted by molar-refractivity contribution is -0.303. The van der Waals surface area contributed by atoms with E-state index in [2.05, 4.69) is 12.2 Å². The number of rotatable bonds is 24. The van der Waals surface area contributed by atoms with Crippen molar-refractivity contribution in [2.45, 2.75) is 179 Å². The van der Waals surface area contributed by atoms with Crippen LogP contribution in [0.15, 0.2) is 30.3 Å². The maximum Gasteiger partial charge on any atom is 0.408 e. The zero-order valence-corrected chi connectivity index (χ0v) is 30.4. The van der Waals surface area contributed by atoms with Gasteiger partial charge in [-0.3, -0.25) is 4.79 Å². The zero-order valence-electron chi connectivity index (χ0n) is 30.4. The number of benzene rings is 1. The second kappa shape index (κ2) is 24.0. The summed E-state index contributed by atoms with van der Waals surface area (Å²) in [5.74, 6) is -0.504. The van der Waals surface area contributed by atoms with Gasteiger partial charge in [-0.25, -0.2) is 4.79 Å². The van der Waals surface area contributed by atoms with Crippen LogP contribution in [0.2, 0.25) is 0 Å². The molecule has 5 N–H and O–H groups in total. The topological polar surface area (TPSA) is 164 Å². The van der Waals surface area contributed by atoms with Crippen LogP contribution >= 0.6 is 0 Å². The number of aliphatic hydroxyl groups excluding tert-OH is 4. The number of unbranched alkanes of at least 4 members (excludes halogenated alkanes) is 12. The molecule has 49 heavy (non-hydrogen) atoms. The van der Waals surface area contributed by atoms with E-state index in [9.17, 15) is 30.0 Å². The summed E-state index contributed by atoms with van der Waals surface area (Å²) in [5.41, 5.74) is 0.218. The molecule has 0 aliphatic carbocycles. The van der Waals surface area contributed by atoms with E-state index in [0.717, 1.165) is 31.2 Å². The summed E-state index contributed by atoms with van der Waals surface area (Å²) in [6.45, 7) is 6.80. The molecular weight excluding hydrogens is 630 g/mol. The molecule has 1 heterocycles. The molecule has 1 aliphatic rings. The molecule has 0 aromatic heterocycles. The number of hydrogen-bond donors (Lipinski definition) is 5. The first-order valence-electron chi connectivity index (χ1n) is 18.6. The first kappa shape index (κ1) is 42.9. The van der Waals surface area contributed by atoms with Crippen molar-refractivity contribution in [3.05, 3.63) is 35.9 Å². The van der Waals surface area contributed by atoms with Gasteiger partial charge in [0.25, 0.3) is 0 Å². The van der Waals surface area contributed by atoms with Gasteiger partial charge in [0.1, 0.15) is 36.6 Å². The standard InChI is InChI=1S/C38H65NO10/c1-5-6-7-8-9-10-11-12-13-14-15-16-20-23-30(40)29(39-37(45)49-38(2,3)4)26-47-36-35(44)34(43)33(42)31(48-36)27-46-32(41)25-24-28-21-18-17-19-22-28/h17-19,21-22,29-31,33-36,40,42-44H,5-16,20,23-27H2,1-4H3,(H,39,45)/t29-,30+,31+,33-,34-,35+,36-/m0/s1. The number of esters is 1. The molecule has 7 atom stereocenters. The summed E-state index contributed by atoms with van der Waals surface area (Å²) in [4.78, 5) is 25.0. The Hall–Kier alpha value is -2.28. The molecule has 1 aromatic rings. The summed E-state index contributed by atoms with van der Waals surface area (Å²) >= 11 is 0. The third kappa shape index (κ3) is 18.5. The van der Waals surface area contributed by atoms with E-state index >= 15 is 0 Å². The van der Waals surface area contributed by atoms with Crippen LogP contribution in [0.25, 0.3) is 0 Å². The van der Waals surface area contributed by atoms with Crippen LogP contribution in [0, 0.1) is 0 Å². The van der Waals surface area contributed by atoms with Crippen molar-refractivity contribution in [2.24, 2.45) is 0 Å². The highest BCUT2D eigenvalue weighted by Crippen LogP contribution is 2.24. The van der Waals surface area contributed by atoms with Crippen LogP contribution in [-0.2, 0) is 30.2 Å². The lowest BCUT2D eigenvalue weighted by atomic mass is 9.99. The van der Waals surface area contributed by atoms with Crippen LogP contribution in [0.5, 0.6) is 0 Å². The van der Waals surface area contributed by atoms with Gasteiger partial charge in [-0.1, -0.05) is 121 Å². The molecule has 1 aromatic carbocycles. The second-order valence-corrected chi connectivity index (χ2v) is 14.4. The molecule has 11 nitrogen and oxygen atoms in total. The number of alkyl carbamates (subject to hydrolysis) is 1. The third-order valence-corrected chi connectivity index (χ3v) is 8.75. The highest BCUT2D eigenvalue weighted by atomic mass is 16.7. The minimum Gasteiger partial charge on any atom is -0.463 e. The molecule has 2 rings (SSSR count). The molecular formula is C38H65NO10. The fourth-order valence-corrected chi connectivity index (χ4v) is 5.81. The maximum absolute atomic E-state index is 12.6. The first-order valence-corrected chi connectivity index (χ1v) is 18.6. The van der Waals surface area contributed by atoms with E-state index in [4.69, 9.17) is 18.9 Å². The largest absolute Gasteiger partial charge is 0.463 e. The molecule has 0 unspecified atom stereocenters. The Morgan fingerprint density at radius 3 is 1.98 bits per heavy atom. The second-order valence-electron chi connectivity index (χ2n) is 14.4. The van der Waals surface area contributed by atoms with Crippen LogP contribution in [-0.4, -0.2) is 94.2 Å². The van der Waals surface area contributed by atoms with E-state index in [1.165, 1.54) is 57.8 Å². The van der Waals surface area contributed by atoms with E-state index in [1.54, 1.807) is 20.8 Å². The maximum atomic E-state index is 12.6. The van der Waals surface area contributed by atoms with Crippen molar-refractivity contribution in [1.29, 1.82) is 0 Å². The summed E-state index contributed by atoms with van der Waals surface area (Å²) in [6, 6.07) is 8.56. The number of aliphatic hydroxyl groups is 4.